The number of aliphatic imine (C=N–C) groups is 1. The van der Waals surface area contributed by atoms with Crippen molar-refractivity contribution in [1.82, 2.24) is 0 Å². The van der Waals surface area contributed by atoms with E-state index in [0.717, 1.165) is 0 Å². The number of rotatable bonds is 2. The van der Waals surface area contributed by atoms with E-state index in [-0.39, 0.29) is 0 Å². The van der Waals surface area contributed by atoms with Crippen LogP contribution >= 0.6 is 34.8 Å². The van der Waals surface area contributed by atoms with Crippen molar-refractivity contribution in [2.45, 2.75) is 19.4 Å². The third kappa shape index (κ3) is 2.73. The number of nitrogens with zero attached hydrogens (tertiary/aromatic N) is 1. The van der Waals surface area contributed by atoms with Crippen LogP contribution in [0.1, 0.15) is 19.4 Å². The number of isocyanates is 1. The molecule has 0 spiro atoms. The molecule has 0 bridgehead atoms. The van der Waals surface area contributed by atoms with Crippen molar-refractivity contribution in [3.8, 4) is 0 Å². The summed E-state index contributed by atoms with van der Waals surface area (Å²) in [6.07, 6.45) is 1.52. The van der Waals surface area contributed by atoms with Gasteiger partial charge in [0.1, 0.15) is 0 Å². The van der Waals surface area contributed by atoms with Crippen molar-refractivity contribution in [1.29, 1.82) is 0 Å². The van der Waals surface area contributed by atoms with Crippen LogP contribution in [0, 0.1) is 0 Å². The maximum atomic E-state index is 10.2. The molecule has 1 rings (SSSR count). The molecule has 0 N–H and O–H groups in total. The van der Waals surface area contributed by atoms with Crippen LogP contribution in [0.5, 0.6) is 0 Å². The summed E-state index contributed by atoms with van der Waals surface area (Å²) in [7, 11) is 0. The van der Waals surface area contributed by atoms with Gasteiger partial charge < -0.3 is 0 Å². The van der Waals surface area contributed by atoms with Gasteiger partial charge in [0.05, 0.1) is 20.6 Å². The Balaban J connectivity index is 3.34. The highest BCUT2D eigenvalue weighted by atomic mass is 35.5. The number of benzene rings is 1. The Morgan fingerprint density at radius 2 is 1.67 bits per heavy atom. The Morgan fingerprint density at radius 1 is 1.20 bits per heavy atom. The van der Waals surface area contributed by atoms with Gasteiger partial charge in [-0.05, 0) is 31.5 Å². The summed E-state index contributed by atoms with van der Waals surface area (Å²) >= 11 is 17.5. The van der Waals surface area contributed by atoms with Crippen molar-refractivity contribution in [3.05, 3.63) is 32.8 Å². The molecule has 0 aliphatic rings. The van der Waals surface area contributed by atoms with Crippen LogP contribution in [0.3, 0.4) is 0 Å². The third-order valence-corrected chi connectivity index (χ3v) is 3.21. The highest BCUT2D eigenvalue weighted by molar-refractivity contribution is 6.48. The SMILES string of the molecule is CC(C)(N=C=O)c1cc(Cl)c(Cl)c(Cl)c1. The number of hydrogen-bond acceptors (Lipinski definition) is 2. The van der Waals surface area contributed by atoms with Crippen molar-refractivity contribution < 1.29 is 4.79 Å². The van der Waals surface area contributed by atoms with Crippen LogP contribution in [0.25, 0.3) is 0 Å². The van der Waals surface area contributed by atoms with E-state index in [9.17, 15) is 4.79 Å². The molecule has 0 amide bonds. The fourth-order valence-corrected chi connectivity index (χ4v) is 1.68. The lowest BCUT2D eigenvalue weighted by atomic mass is 9.95. The van der Waals surface area contributed by atoms with E-state index < -0.39 is 5.54 Å². The van der Waals surface area contributed by atoms with Gasteiger partial charge in [0.15, 0.2) is 0 Å². The van der Waals surface area contributed by atoms with E-state index in [1.807, 2.05) is 0 Å². The summed E-state index contributed by atoms with van der Waals surface area (Å²) < 4.78 is 0. The summed E-state index contributed by atoms with van der Waals surface area (Å²) in [6.45, 7) is 3.52. The Bertz CT molecular complexity index is 413. The lowest BCUT2D eigenvalue weighted by Crippen LogP contribution is -2.13. The zero-order valence-corrected chi connectivity index (χ0v) is 10.4. The highest BCUT2D eigenvalue weighted by Gasteiger charge is 2.21. The standard InChI is InChI=1S/C10H8Cl3NO/c1-10(2,14-5-15)6-3-7(11)9(13)8(12)4-6/h3-4H,1-2H3. The molecule has 15 heavy (non-hydrogen) atoms. The van der Waals surface area contributed by atoms with Gasteiger partial charge in [-0.1, -0.05) is 34.8 Å². The molecular weight excluding hydrogens is 256 g/mol. The lowest BCUT2D eigenvalue weighted by molar-refractivity contribution is 0.523. The van der Waals surface area contributed by atoms with Crippen LogP contribution < -0.4 is 0 Å². The lowest BCUT2D eigenvalue weighted by Gasteiger charge is -2.18. The summed E-state index contributed by atoms with van der Waals surface area (Å²) in [5.41, 5.74) is 0.00448. The fourth-order valence-electron chi connectivity index (χ4n) is 1.09. The van der Waals surface area contributed by atoms with E-state index in [1.54, 1.807) is 26.0 Å². The second kappa shape index (κ2) is 4.54. The van der Waals surface area contributed by atoms with E-state index in [1.165, 1.54) is 6.08 Å². The predicted octanol–water partition coefficient (Wildman–Crippen LogP) is 4.22. The van der Waals surface area contributed by atoms with Crippen molar-refractivity contribution in [2.75, 3.05) is 0 Å². The average Bonchev–Trinajstić information content (AvgIpc) is 2.13. The molecule has 0 atom stereocenters. The zero-order valence-electron chi connectivity index (χ0n) is 8.14. The Morgan fingerprint density at radius 3 is 2.07 bits per heavy atom. The normalized spacial score (nSPS) is 11.0. The first-order chi connectivity index (χ1) is 6.88. The Hall–Kier alpha value is -0.530. The smallest absolute Gasteiger partial charge is 0.211 e. The first-order valence-electron chi connectivity index (χ1n) is 4.12. The van der Waals surface area contributed by atoms with E-state index in [2.05, 4.69) is 4.99 Å². The second-order valence-corrected chi connectivity index (χ2v) is 4.71. The molecule has 80 valence electrons. The van der Waals surface area contributed by atoms with Crippen LogP contribution in [0.2, 0.25) is 15.1 Å². The molecule has 1 aromatic carbocycles. The number of halogens is 3. The fraction of sp³-hybridized carbons (Fsp3) is 0.300. The van der Waals surface area contributed by atoms with Crippen LogP contribution in [-0.4, -0.2) is 6.08 Å². The first kappa shape index (κ1) is 12.5. The van der Waals surface area contributed by atoms with Crippen molar-refractivity contribution in [3.63, 3.8) is 0 Å². The molecule has 0 aliphatic heterocycles. The Kier molecular flexibility index (Phi) is 3.80. The van der Waals surface area contributed by atoms with Crippen molar-refractivity contribution >= 4 is 40.9 Å². The van der Waals surface area contributed by atoms with Gasteiger partial charge in [0.25, 0.3) is 0 Å². The minimum absolute atomic E-state index is 0.299. The van der Waals surface area contributed by atoms with E-state index in [4.69, 9.17) is 34.8 Å². The largest absolute Gasteiger partial charge is 0.235 e. The van der Waals surface area contributed by atoms with E-state index >= 15 is 0 Å². The van der Waals surface area contributed by atoms with Gasteiger partial charge in [-0.2, -0.15) is 4.99 Å². The van der Waals surface area contributed by atoms with Crippen LogP contribution in [0.15, 0.2) is 17.1 Å². The molecule has 0 aliphatic carbocycles. The van der Waals surface area contributed by atoms with Crippen LogP contribution in [-0.2, 0) is 10.3 Å². The minimum Gasteiger partial charge on any atom is -0.211 e. The molecule has 0 saturated carbocycles. The molecule has 0 unspecified atom stereocenters. The molecule has 2 nitrogen and oxygen atoms in total. The minimum atomic E-state index is -0.709. The molecule has 0 radical (unpaired) electrons. The maximum Gasteiger partial charge on any atom is 0.235 e. The monoisotopic (exact) mass is 263 g/mol. The highest BCUT2D eigenvalue weighted by Crippen LogP contribution is 2.35. The molecular formula is C10H8Cl3NO. The Labute approximate surface area is 103 Å². The maximum absolute atomic E-state index is 10.2. The van der Waals surface area contributed by atoms with Crippen LogP contribution in [0.4, 0.5) is 0 Å². The molecule has 5 heteroatoms. The number of hydrogen-bond donors (Lipinski definition) is 0. The van der Waals surface area contributed by atoms with Gasteiger partial charge in [0.2, 0.25) is 6.08 Å². The zero-order chi connectivity index (χ0) is 11.6. The second-order valence-electron chi connectivity index (χ2n) is 3.52. The summed E-state index contributed by atoms with van der Waals surface area (Å²) in [4.78, 5) is 13.9. The quantitative estimate of drug-likeness (QED) is 0.447. The molecule has 0 fully saturated rings. The topological polar surface area (TPSA) is 29.4 Å². The predicted molar refractivity (Wildman–Crippen MR) is 62.6 cm³/mol. The summed E-state index contributed by atoms with van der Waals surface area (Å²) in [5, 5.41) is 0.981. The molecule has 0 aromatic heterocycles. The van der Waals surface area contributed by atoms with Gasteiger partial charge >= 0.3 is 0 Å². The van der Waals surface area contributed by atoms with Crippen molar-refractivity contribution in [2.24, 2.45) is 4.99 Å². The molecule has 0 heterocycles. The third-order valence-electron chi connectivity index (χ3n) is 2.02. The van der Waals surface area contributed by atoms with Gasteiger partial charge in [-0.25, -0.2) is 4.79 Å². The molecule has 1 aromatic rings. The van der Waals surface area contributed by atoms with Gasteiger partial charge in [-0.3, -0.25) is 0 Å². The summed E-state index contributed by atoms with van der Waals surface area (Å²) in [6, 6.07) is 3.27. The first-order valence-corrected chi connectivity index (χ1v) is 5.26. The summed E-state index contributed by atoms with van der Waals surface area (Å²) in [5.74, 6) is 0. The van der Waals surface area contributed by atoms with E-state index in [0.29, 0.717) is 20.6 Å². The number of carbonyl (C=O) groups excluding carboxylic acids is 1. The van der Waals surface area contributed by atoms with Gasteiger partial charge in [-0.15, -0.1) is 0 Å². The van der Waals surface area contributed by atoms with Gasteiger partial charge in [0, 0.05) is 0 Å². The average molecular weight is 265 g/mol. The molecule has 0 saturated heterocycles.